The monoisotopic (exact) mass is 569 g/mol. The summed E-state index contributed by atoms with van der Waals surface area (Å²) in [5.74, 6) is -1.32. The van der Waals surface area contributed by atoms with Gasteiger partial charge in [0.1, 0.15) is 17.5 Å². The van der Waals surface area contributed by atoms with E-state index in [0.717, 1.165) is 4.90 Å². The lowest BCUT2D eigenvalue weighted by Gasteiger charge is -2.26. The van der Waals surface area contributed by atoms with Crippen molar-refractivity contribution >= 4 is 50.9 Å². The van der Waals surface area contributed by atoms with E-state index in [1.54, 1.807) is 66.7 Å². The number of nitrogens with zero attached hydrogens (tertiary/aromatic N) is 2. The molecule has 0 radical (unpaired) electrons. The number of ether oxygens (including phenoxy) is 2. The third-order valence-electron chi connectivity index (χ3n) is 6.39. The molecule has 2 heterocycles. The molecule has 5 rings (SSSR count). The normalized spacial score (nSPS) is 21.1. The van der Waals surface area contributed by atoms with Crippen LogP contribution in [0, 0.1) is 5.92 Å². The van der Waals surface area contributed by atoms with Gasteiger partial charge in [-0.1, -0.05) is 45.7 Å². The predicted molar refractivity (Wildman–Crippen MR) is 137 cm³/mol. The molecule has 0 aliphatic carbocycles. The first kappa shape index (κ1) is 24.3. The molecule has 2 aliphatic heterocycles. The number of rotatable bonds is 5. The van der Waals surface area contributed by atoms with E-state index in [4.69, 9.17) is 21.1 Å². The minimum absolute atomic E-state index is 0.260. The van der Waals surface area contributed by atoms with Crippen LogP contribution in [0.2, 0.25) is 5.02 Å². The zero-order valence-electron chi connectivity index (χ0n) is 19.3. The molecule has 10 heteroatoms. The second-order valence-corrected chi connectivity index (χ2v) is 9.66. The third kappa shape index (κ3) is 3.93. The van der Waals surface area contributed by atoms with Gasteiger partial charge in [0.05, 0.1) is 36.9 Å². The van der Waals surface area contributed by atoms with Gasteiger partial charge in [-0.25, -0.2) is 10.3 Å². The van der Waals surface area contributed by atoms with Crippen LogP contribution in [-0.2, 0) is 9.59 Å². The number of hydrogen-bond acceptors (Lipinski definition) is 6. The lowest BCUT2D eigenvalue weighted by molar-refractivity contribution is -0.123. The molecule has 3 unspecified atom stereocenters. The highest BCUT2D eigenvalue weighted by Gasteiger charge is 2.61. The average molecular weight is 571 g/mol. The topological polar surface area (TPSA) is 88.2 Å². The van der Waals surface area contributed by atoms with Crippen LogP contribution in [0.1, 0.15) is 22.0 Å². The van der Waals surface area contributed by atoms with Gasteiger partial charge in [0, 0.05) is 21.7 Å². The number of amides is 3. The Morgan fingerprint density at radius 2 is 1.75 bits per heavy atom. The highest BCUT2D eigenvalue weighted by Crippen LogP contribution is 2.46. The molecular weight excluding hydrogens is 550 g/mol. The van der Waals surface area contributed by atoms with E-state index >= 15 is 0 Å². The first-order valence-electron chi connectivity index (χ1n) is 11.0. The molecule has 3 aromatic carbocycles. The largest absolute Gasteiger partial charge is 0.497 e. The van der Waals surface area contributed by atoms with Crippen LogP contribution in [0.15, 0.2) is 71.2 Å². The Kier molecular flexibility index (Phi) is 6.46. The maximum Gasteiger partial charge on any atom is 0.268 e. The molecule has 0 spiro atoms. The number of benzene rings is 3. The Labute approximate surface area is 220 Å². The number of carbonyl (C=O) groups is 3. The summed E-state index contributed by atoms with van der Waals surface area (Å²) in [6.45, 7) is 0. The Bertz CT molecular complexity index is 1380. The maximum atomic E-state index is 13.8. The van der Waals surface area contributed by atoms with Gasteiger partial charge in [0.25, 0.3) is 11.8 Å². The summed E-state index contributed by atoms with van der Waals surface area (Å²) >= 11 is 9.74. The number of para-hydroxylation sites is 1. The van der Waals surface area contributed by atoms with Crippen molar-refractivity contribution in [3.63, 3.8) is 0 Å². The van der Waals surface area contributed by atoms with Crippen molar-refractivity contribution in [2.24, 2.45) is 5.92 Å². The summed E-state index contributed by atoms with van der Waals surface area (Å²) in [6, 6.07) is 16.8. The lowest BCUT2D eigenvalue weighted by atomic mass is 9.90. The molecule has 2 aliphatic rings. The van der Waals surface area contributed by atoms with E-state index in [1.165, 1.54) is 19.2 Å². The van der Waals surface area contributed by atoms with E-state index in [-0.39, 0.29) is 10.7 Å². The second kappa shape index (κ2) is 9.57. The van der Waals surface area contributed by atoms with Crippen LogP contribution in [-0.4, -0.2) is 43.0 Å². The van der Waals surface area contributed by atoms with E-state index in [0.29, 0.717) is 27.1 Å². The molecule has 1 N–H and O–H groups in total. The van der Waals surface area contributed by atoms with Gasteiger partial charge in [0.2, 0.25) is 5.91 Å². The summed E-state index contributed by atoms with van der Waals surface area (Å²) in [5.41, 5.74) is 4.38. The number of nitrogens with one attached hydrogen (secondary N) is 1. The molecule has 184 valence electrons. The molecule has 3 amide bonds. The van der Waals surface area contributed by atoms with E-state index < -0.39 is 35.7 Å². The number of anilines is 1. The number of hydrazine groups is 1. The summed E-state index contributed by atoms with van der Waals surface area (Å²) in [7, 11) is 3.05. The van der Waals surface area contributed by atoms with Gasteiger partial charge in [-0.2, -0.15) is 0 Å². The summed E-state index contributed by atoms with van der Waals surface area (Å²) in [6.07, 6.45) is 0. The number of halogens is 2. The number of fused-ring (bicyclic) bond motifs is 1. The fraction of sp³-hybridized carbons (Fsp3) is 0.192. The van der Waals surface area contributed by atoms with Crippen LogP contribution in [0.3, 0.4) is 0 Å². The summed E-state index contributed by atoms with van der Waals surface area (Å²) < 4.78 is 11.6. The van der Waals surface area contributed by atoms with Gasteiger partial charge < -0.3 is 9.47 Å². The van der Waals surface area contributed by atoms with Gasteiger partial charge in [-0.3, -0.25) is 19.4 Å². The number of methoxy groups -OCH3 is 2. The van der Waals surface area contributed by atoms with Crippen LogP contribution >= 0.6 is 27.5 Å². The minimum Gasteiger partial charge on any atom is -0.497 e. The Hall–Kier alpha value is -3.40. The van der Waals surface area contributed by atoms with Crippen molar-refractivity contribution in [2.75, 3.05) is 19.1 Å². The van der Waals surface area contributed by atoms with Crippen molar-refractivity contribution in [3.05, 3.63) is 87.4 Å². The summed E-state index contributed by atoms with van der Waals surface area (Å²) in [4.78, 5) is 42.2. The standard InChI is InChI=1S/C26H21BrClN3O5/c1-35-16-10-11-17(20(13-16)36-2)22-21-23(31(29-22)24(32)14-6-5-7-15(27)12-14)26(34)30(25(21)33)19-9-4-3-8-18(19)28/h3-13,21-23,29H,1-2H3. The van der Waals surface area contributed by atoms with Crippen LogP contribution in [0.4, 0.5) is 5.69 Å². The molecular formula is C26H21BrClN3O5. The van der Waals surface area contributed by atoms with E-state index in [2.05, 4.69) is 21.4 Å². The van der Waals surface area contributed by atoms with Crippen molar-refractivity contribution < 1.29 is 23.9 Å². The first-order valence-corrected chi connectivity index (χ1v) is 12.2. The molecule has 36 heavy (non-hydrogen) atoms. The summed E-state index contributed by atoms with van der Waals surface area (Å²) in [5, 5.41) is 1.51. The van der Waals surface area contributed by atoms with Crippen LogP contribution in [0.25, 0.3) is 0 Å². The lowest BCUT2D eigenvalue weighted by Crippen LogP contribution is -2.48. The molecule has 2 fully saturated rings. The smallest absolute Gasteiger partial charge is 0.268 e. The van der Waals surface area contributed by atoms with Gasteiger partial charge >= 0.3 is 0 Å². The van der Waals surface area contributed by atoms with Crippen molar-refractivity contribution in [1.82, 2.24) is 10.4 Å². The number of hydrogen-bond donors (Lipinski definition) is 1. The van der Waals surface area contributed by atoms with Crippen LogP contribution < -0.4 is 19.8 Å². The zero-order valence-corrected chi connectivity index (χ0v) is 21.6. The average Bonchev–Trinajstić information content (AvgIpc) is 3.40. The molecule has 8 nitrogen and oxygen atoms in total. The molecule has 2 saturated heterocycles. The first-order chi connectivity index (χ1) is 17.3. The fourth-order valence-electron chi connectivity index (χ4n) is 4.74. The van der Waals surface area contributed by atoms with E-state index in [1.807, 2.05) is 0 Å². The maximum absolute atomic E-state index is 13.8. The van der Waals surface area contributed by atoms with Gasteiger partial charge in [0.15, 0.2) is 0 Å². The Morgan fingerprint density at radius 1 is 0.972 bits per heavy atom. The van der Waals surface area contributed by atoms with Crippen molar-refractivity contribution in [1.29, 1.82) is 0 Å². The Balaban J connectivity index is 1.63. The zero-order chi connectivity index (χ0) is 25.6. The third-order valence-corrected chi connectivity index (χ3v) is 7.21. The van der Waals surface area contributed by atoms with Gasteiger partial charge in [-0.05, 0) is 42.5 Å². The molecule has 0 bridgehead atoms. The number of imide groups is 1. The quantitative estimate of drug-likeness (QED) is 0.458. The molecule has 3 atom stereocenters. The highest BCUT2D eigenvalue weighted by molar-refractivity contribution is 9.10. The number of carbonyl (C=O) groups excluding carboxylic acids is 3. The Morgan fingerprint density at radius 3 is 2.44 bits per heavy atom. The predicted octanol–water partition coefficient (Wildman–Crippen LogP) is 4.38. The molecule has 0 saturated carbocycles. The van der Waals surface area contributed by atoms with Crippen LogP contribution in [0.5, 0.6) is 11.5 Å². The second-order valence-electron chi connectivity index (χ2n) is 8.33. The SMILES string of the molecule is COc1ccc(C2NN(C(=O)c3cccc(Br)c3)C3C(=O)N(c4ccccc4Cl)C(=O)C23)c(OC)c1. The molecule has 3 aromatic rings. The van der Waals surface area contributed by atoms with E-state index in [9.17, 15) is 14.4 Å². The highest BCUT2D eigenvalue weighted by atomic mass is 79.9. The van der Waals surface area contributed by atoms with Crippen molar-refractivity contribution in [2.45, 2.75) is 12.1 Å². The minimum atomic E-state index is -1.09. The fourth-order valence-corrected chi connectivity index (χ4v) is 5.36. The van der Waals surface area contributed by atoms with Crippen molar-refractivity contribution in [3.8, 4) is 11.5 Å². The molecule has 0 aromatic heterocycles. The van der Waals surface area contributed by atoms with Gasteiger partial charge in [-0.15, -0.1) is 0 Å².